The molecule has 7 nitrogen and oxygen atoms in total. The zero-order valence-corrected chi connectivity index (χ0v) is 11.0. The summed E-state index contributed by atoms with van der Waals surface area (Å²) in [6, 6.07) is 9.37. The quantitative estimate of drug-likeness (QED) is 0.686. The molecule has 0 saturated heterocycles. The highest BCUT2D eigenvalue weighted by Gasteiger charge is 2.22. The number of hydrogen-bond donors (Lipinski definition) is 1. The Bertz CT molecular complexity index is 748. The van der Waals surface area contributed by atoms with Crippen LogP contribution in [-0.2, 0) is 0 Å². The maximum atomic E-state index is 12.1. The van der Waals surface area contributed by atoms with Crippen molar-refractivity contribution in [3.05, 3.63) is 63.3 Å². The number of pyridine rings is 1. The molecule has 0 aliphatic carbocycles. The Balaban J connectivity index is 2.30. The lowest BCUT2D eigenvalue weighted by atomic mass is 10.1. The smallest absolute Gasteiger partial charge is 0.285 e. The minimum atomic E-state index is -0.623. The van der Waals surface area contributed by atoms with Gasteiger partial charge in [-0.3, -0.25) is 14.9 Å². The number of nitrogens with one attached hydrogen (secondary N) is 1. The lowest BCUT2D eigenvalue weighted by molar-refractivity contribution is -0.385. The van der Waals surface area contributed by atoms with Gasteiger partial charge >= 0.3 is 0 Å². The Kier molecular flexibility index (Phi) is 3.90. The van der Waals surface area contributed by atoms with E-state index >= 15 is 0 Å². The summed E-state index contributed by atoms with van der Waals surface area (Å²) in [5.41, 5.74) is 0.491. The van der Waals surface area contributed by atoms with Gasteiger partial charge in [0.25, 0.3) is 11.6 Å². The molecule has 0 atom stereocenters. The molecule has 1 amide bonds. The molecule has 2 aromatic rings. The van der Waals surface area contributed by atoms with Crippen LogP contribution in [0.5, 0.6) is 0 Å². The fraction of sp³-hybridized carbons (Fsp3) is 0.0714. The molecule has 0 aliphatic heterocycles. The predicted octanol–water partition coefficient (Wildman–Crippen LogP) is 2.42. The number of amides is 1. The summed E-state index contributed by atoms with van der Waals surface area (Å²) in [5.74, 6) is -0.405. The second-order valence-corrected chi connectivity index (χ2v) is 4.23. The fourth-order valence-electron chi connectivity index (χ4n) is 1.80. The van der Waals surface area contributed by atoms with Crippen LogP contribution >= 0.6 is 0 Å². The number of nitro benzene ring substituents is 1. The van der Waals surface area contributed by atoms with Crippen LogP contribution in [0.1, 0.15) is 21.5 Å². The van der Waals surface area contributed by atoms with E-state index in [2.05, 4.69) is 10.3 Å². The first kappa shape index (κ1) is 14.1. The Labute approximate surface area is 120 Å². The van der Waals surface area contributed by atoms with E-state index in [1.807, 2.05) is 6.07 Å². The van der Waals surface area contributed by atoms with Crippen molar-refractivity contribution in [2.24, 2.45) is 0 Å². The van der Waals surface area contributed by atoms with Gasteiger partial charge in [-0.25, -0.2) is 4.98 Å². The molecular weight excluding hydrogens is 272 g/mol. The highest BCUT2D eigenvalue weighted by molar-refractivity contribution is 6.06. The van der Waals surface area contributed by atoms with Crippen molar-refractivity contribution in [2.75, 3.05) is 5.32 Å². The van der Waals surface area contributed by atoms with Gasteiger partial charge in [-0.15, -0.1) is 0 Å². The Hall–Kier alpha value is -3.27. The molecule has 0 spiro atoms. The van der Waals surface area contributed by atoms with Crippen LogP contribution in [0.15, 0.2) is 36.5 Å². The van der Waals surface area contributed by atoms with E-state index in [4.69, 9.17) is 5.26 Å². The van der Waals surface area contributed by atoms with E-state index in [1.54, 1.807) is 19.1 Å². The Morgan fingerprint density at radius 2 is 2.14 bits per heavy atom. The van der Waals surface area contributed by atoms with Crippen LogP contribution in [0, 0.1) is 28.4 Å². The molecular formula is C14H10N4O3. The molecule has 0 aliphatic rings. The summed E-state index contributed by atoms with van der Waals surface area (Å²) >= 11 is 0. The topological polar surface area (TPSA) is 109 Å². The lowest BCUT2D eigenvalue weighted by Crippen LogP contribution is -2.15. The molecule has 1 N–H and O–H groups in total. The number of carbonyl (C=O) groups excluding carboxylic acids is 1. The number of carbonyl (C=O) groups is 1. The van der Waals surface area contributed by atoms with Gasteiger partial charge in [0, 0.05) is 11.8 Å². The first-order chi connectivity index (χ1) is 10.0. The second-order valence-electron chi connectivity index (χ2n) is 4.23. The average Bonchev–Trinajstić information content (AvgIpc) is 2.47. The number of aromatic nitrogens is 1. The molecule has 0 radical (unpaired) electrons. The highest BCUT2D eigenvalue weighted by atomic mass is 16.6. The minimum absolute atomic E-state index is 0.0360. The number of hydrogen-bond acceptors (Lipinski definition) is 5. The minimum Gasteiger partial charge on any atom is -0.306 e. The number of rotatable bonds is 3. The van der Waals surface area contributed by atoms with Gasteiger partial charge in [-0.2, -0.15) is 5.26 Å². The average molecular weight is 282 g/mol. The maximum Gasteiger partial charge on any atom is 0.285 e. The van der Waals surface area contributed by atoms with Gasteiger partial charge in [-0.05, 0) is 25.1 Å². The molecule has 0 saturated carbocycles. The van der Waals surface area contributed by atoms with Crippen LogP contribution < -0.4 is 5.32 Å². The summed E-state index contributed by atoms with van der Waals surface area (Å²) < 4.78 is 0. The first-order valence-electron chi connectivity index (χ1n) is 5.94. The van der Waals surface area contributed by atoms with Gasteiger partial charge in [0.1, 0.15) is 17.5 Å². The van der Waals surface area contributed by atoms with Crippen LogP contribution in [-0.4, -0.2) is 15.8 Å². The van der Waals surface area contributed by atoms with E-state index < -0.39 is 10.8 Å². The zero-order chi connectivity index (χ0) is 15.4. The van der Waals surface area contributed by atoms with E-state index in [-0.39, 0.29) is 17.1 Å². The van der Waals surface area contributed by atoms with E-state index in [9.17, 15) is 14.9 Å². The Morgan fingerprint density at radius 3 is 2.71 bits per heavy atom. The number of anilines is 1. The molecule has 2 rings (SSSR count). The van der Waals surface area contributed by atoms with E-state index in [0.29, 0.717) is 11.1 Å². The third kappa shape index (κ3) is 3.01. The van der Waals surface area contributed by atoms with Gasteiger partial charge < -0.3 is 5.32 Å². The number of benzene rings is 1. The Morgan fingerprint density at radius 1 is 1.38 bits per heavy atom. The van der Waals surface area contributed by atoms with Crippen molar-refractivity contribution in [2.45, 2.75) is 6.92 Å². The molecule has 1 heterocycles. The SMILES string of the molecule is Cc1cccc(C(=O)Nc2ccc(C#N)cn2)c1[N+](=O)[O-]. The molecule has 0 fully saturated rings. The maximum absolute atomic E-state index is 12.1. The third-order valence-corrected chi connectivity index (χ3v) is 2.80. The molecule has 1 aromatic carbocycles. The molecule has 1 aromatic heterocycles. The molecule has 0 unspecified atom stereocenters. The number of nitro groups is 1. The van der Waals surface area contributed by atoms with Crippen molar-refractivity contribution in [1.29, 1.82) is 5.26 Å². The first-order valence-corrected chi connectivity index (χ1v) is 5.94. The van der Waals surface area contributed by atoms with Gasteiger partial charge in [0.15, 0.2) is 0 Å². The zero-order valence-electron chi connectivity index (χ0n) is 11.0. The van der Waals surface area contributed by atoms with Crippen molar-refractivity contribution in [3.63, 3.8) is 0 Å². The van der Waals surface area contributed by atoms with Crippen molar-refractivity contribution >= 4 is 17.4 Å². The van der Waals surface area contributed by atoms with Crippen LogP contribution in [0.2, 0.25) is 0 Å². The van der Waals surface area contributed by atoms with Gasteiger partial charge in [-0.1, -0.05) is 12.1 Å². The van der Waals surface area contributed by atoms with Crippen molar-refractivity contribution < 1.29 is 9.72 Å². The number of nitrogens with zero attached hydrogens (tertiary/aromatic N) is 3. The van der Waals surface area contributed by atoms with Crippen LogP contribution in [0.4, 0.5) is 11.5 Å². The van der Waals surface area contributed by atoms with E-state index in [1.165, 1.54) is 24.4 Å². The summed E-state index contributed by atoms with van der Waals surface area (Å²) in [6.45, 7) is 1.56. The van der Waals surface area contributed by atoms with Crippen LogP contribution in [0.3, 0.4) is 0 Å². The monoisotopic (exact) mass is 282 g/mol. The summed E-state index contributed by atoms with van der Waals surface area (Å²) in [5, 5.41) is 22.2. The second kappa shape index (κ2) is 5.79. The van der Waals surface area contributed by atoms with E-state index in [0.717, 1.165) is 0 Å². The highest BCUT2D eigenvalue weighted by Crippen LogP contribution is 2.23. The third-order valence-electron chi connectivity index (χ3n) is 2.80. The van der Waals surface area contributed by atoms with Crippen LogP contribution in [0.25, 0.3) is 0 Å². The number of para-hydroxylation sites is 1. The van der Waals surface area contributed by atoms with Crippen molar-refractivity contribution in [3.8, 4) is 6.07 Å². The van der Waals surface area contributed by atoms with Crippen molar-refractivity contribution in [1.82, 2.24) is 4.98 Å². The normalized spacial score (nSPS) is 9.71. The molecule has 21 heavy (non-hydrogen) atoms. The summed E-state index contributed by atoms with van der Waals surface area (Å²) in [6.07, 6.45) is 1.31. The van der Waals surface area contributed by atoms with Gasteiger partial charge in [0.2, 0.25) is 0 Å². The number of nitriles is 1. The molecule has 0 bridgehead atoms. The molecule has 104 valence electrons. The fourth-order valence-corrected chi connectivity index (χ4v) is 1.80. The summed E-state index contributed by atoms with van der Waals surface area (Å²) in [7, 11) is 0. The number of aryl methyl sites for hydroxylation is 1. The lowest BCUT2D eigenvalue weighted by Gasteiger charge is -2.06. The summed E-state index contributed by atoms with van der Waals surface area (Å²) in [4.78, 5) is 26.5. The standard InChI is InChI=1S/C14H10N4O3/c1-9-3-2-4-11(13(9)18(20)21)14(19)17-12-6-5-10(7-15)8-16-12/h2-6,8H,1H3,(H,16,17,19). The molecule has 7 heteroatoms. The van der Waals surface area contributed by atoms with Gasteiger partial charge in [0.05, 0.1) is 10.5 Å². The largest absolute Gasteiger partial charge is 0.306 e. The predicted molar refractivity (Wildman–Crippen MR) is 74.7 cm³/mol.